The molecule has 1 saturated heterocycles. The molecule has 3 rings (SSSR count). The first-order valence-electron chi connectivity index (χ1n) is 8.80. The molecule has 0 amide bonds. The highest BCUT2D eigenvalue weighted by Crippen LogP contribution is 2.61. The van der Waals surface area contributed by atoms with Crippen LogP contribution in [0.2, 0.25) is 0 Å². The summed E-state index contributed by atoms with van der Waals surface area (Å²) in [6.45, 7) is 10.7. The predicted molar refractivity (Wildman–Crippen MR) is 84.3 cm³/mol. The van der Waals surface area contributed by atoms with Gasteiger partial charge in [0.05, 0.1) is 17.8 Å². The van der Waals surface area contributed by atoms with Crippen LogP contribution >= 0.6 is 0 Å². The van der Waals surface area contributed by atoms with Gasteiger partial charge in [0.2, 0.25) is 0 Å². The third-order valence-corrected chi connectivity index (χ3v) is 6.73. The van der Waals surface area contributed by atoms with E-state index in [1.54, 1.807) is 0 Å². The van der Waals surface area contributed by atoms with Crippen molar-refractivity contribution in [2.24, 2.45) is 23.2 Å². The highest BCUT2D eigenvalue weighted by molar-refractivity contribution is 5.12. The van der Waals surface area contributed by atoms with Crippen LogP contribution in [-0.2, 0) is 9.47 Å². The minimum Gasteiger partial charge on any atom is -0.396 e. The van der Waals surface area contributed by atoms with Crippen molar-refractivity contribution in [1.82, 2.24) is 0 Å². The Morgan fingerprint density at radius 2 is 1.82 bits per heavy atom. The highest BCUT2D eigenvalue weighted by Gasteiger charge is 2.65. The maximum atomic E-state index is 10.7. The lowest BCUT2D eigenvalue weighted by molar-refractivity contribution is -0.399. The molecule has 1 aliphatic heterocycles. The Balaban J connectivity index is 2.03. The molecule has 0 aromatic rings. The second kappa shape index (κ2) is 5.17. The number of hydrogen-bond donors (Lipinski definition) is 2. The van der Waals surface area contributed by atoms with Gasteiger partial charge in [0.1, 0.15) is 0 Å². The van der Waals surface area contributed by atoms with E-state index in [-0.39, 0.29) is 41.7 Å². The molecular formula is C18H32O4. The molecular weight excluding hydrogens is 280 g/mol. The molecule has 0 spiro atoms. The zero-order valence-corrected chi connectivity index (χ0v) is 14.6. The van der Waals surface area contributed by atoms with Crippen molar-refractivity contribution in [2.45, 2.75) is 83.9 Å². The Morgan fingerprint density at radius 1 is 1.14 bits per heavy atom. The SMILES string of the molecule is C[C@H](CO)[C@@H]1CC[C@]2(C)C3[C@H]1OC(C)(C)O[C@]3(C)CC[C@H]2O. The van der Waals surface area contributed by atoms with Gasteiger partial charge in [-0.15, -0.1) is 0 Å². The molecule has 4 heteroatoms. The lowest BCUT2D eigenvalue weighted by Crippen LogP contribution is -2.70. The molecule has 128 valence electrons. The van der Waals surface area contributed by atoms with Gasteiger partial charge in [0, 0.05) is 17.9 Å². The van der Waals surface area contributed by atoms with Gasteiger partial charge in [0.25, 0.3) is 0 Å². The second-order valence-corrected chi connectivity index (χ2v) is 8.80. The van der Waals surface area contributed by atoms with E-state index in [9.17, 15) is 10.2 Å². The molecule has 2 saturated carbocycles. The third kappa shape index (κ3) is 2.34. The van der Waals surface area contributed by atoms with E-state index in [1.807, 2.05) is 13.8 Å². The van der Waals surface area contributed by atoms with Crippen LogP contribution < -0.4 is 0 Å². The van der Waals surface area contributed by atoms with Crippen molar-refractivity contribution in [2.75, 3.05) is 6.61 Å². The fourth-order valence-corrected chi connectivity index (χ4v) is 5.67. The van der Waals surface area contributed by atoms with Crippen LogP contribution in [0.25, 0.3) is 0 Å². The first-order chi connectivity index (χ1) is 10.1. The molecule has 2 aliphatic carbocycles. The van der Waals surface area contributed by atoms with Crippen molar-refractivity contribution in [3.63, 3.8) is 0 Å². The number of hydrogen-bond acceptors (Lipinski definition) is 4. The lowest BCUT2D eigenvalue weighted by atomic mass is 9.49. The molecule has 3 aliphatic rings. The molecule has 4 nitrogen and oxygen atoms in total. The van der Waals surface area contributed by atoms with Crippen LogP contribution in [0.5, 0.6) is 0 Å². The fourth-order valence-electron chi connectivity index (χ4n) is 5.67. The molecule has 7 atom stereocenters. The molecule has 0 aromatic carbocycles. The second-order valence-electron chi connectivity index (χ2n) is 8.80. The van der Waals surface area contributed by atoms with Gasteiger partial charge in [-0.05, 0) is 58.3 Å². The average Bonchev–Trinajstić information content (AvgIpc) is 2.41. The number of aliphatic hydroxyl groups excluding tert-OH is 2. The zero-order chi connectivity index (χ0) is 16.3. The minimum atomic E-state index is -0.607. The van der Waals surface area contributed by atoms with Crippen LogP contribution in [0.4, 0.5) is 0 Å². The van der Waals surface area contributed by atoms with Gasteiger partial charge in [0.15, 0.2) is 5.79 Å². The van der Waals surface area contributed by atoms with Gasteiger partial charge >= 0.3 is 0 Å². The van der Waals surface area contributed by atoms with Crippen LogP contribution in [-0.4, -0.2) is 40.4 Å². The number of ether oxygens (including phenoxy) is 2. The summed E-state index contributed by atoms with van der Waals surface area (Å²) in [5.74, 6) is 0.122. The first kappa shape index (κ1) is 16.7. The monoisotopic (exact) mass is 312 g/mol. The quantitative estimate of drug-likeness (QED) is 0.823. The van der Waals surface area contributed by atoms with Crippen molar-refractivity contribution < 1.29 is 19.7 Å². The molecule has 22 heavy (non-hydrogen) atoms. The van der Waals surface area contributed by atoms with Crippen LogP contribution in [0.3, 0.4) is 0 Å². The van der Waals surface area contributed by atoms with Gasteiger partial charge in [-0.25, -0.2) is 0 Å². The Hall–Kier alpha value is -0.160. The van der Waals surface area contributed by atoms with E-state index in [4.69, 9.17) is 9.47 Å². The lowest BCUT2D eigenvalue weighted by Gasteiger charge is -2.65. The molecule has 1 heterocycles. The summed E-state index contributed by atoms with van der Waals surface area (Å²) < 4.78 is 12.8. The van der Waals surface area contributed by atoms with Crippen LogP contribution in [0.1, 0.15) is 60.3 Å². The molecule has 2 N–H and O–H groups in total. The molecule has 0 bridgehead atoms. The Labute approximate surface area is 134 Å². The summed E-state index contributed by atoms with van der Waals surface area (Å²) in [4.78, 5) is 0. The molecule has 3 fully saturated rings. The largest absolute Gasteiger partial charge is 0.396 e. The number of rotatable bonds is 2. The molecule has 0 radical (unpaired) electrons. The van der Waals surface area contributed by atoms with Gasteiger partial charge < -0.3 is 19.7 Å². The standard InChI is InChI=1S/C18H32O4/c1-11(10-19)12-6-8-17(4)13(20)7-9-18(5)15(17)14(12)21-16(2,3)22-18/h11-15,19-20H,6-10H2,1-5H3/t11-,12+,13-,14+,15?,17+,18-/m1/s1. The van der Waals surface area contributed by atoms with E-state index in [0.29, 0.717) is 5.92 Å². The van der Waals surface area contributed by atoms with Crippen molar-refractivity contribution in [1.29, 1.82) is 0 Å². The maximum Gasteiger partial charge on any atom is 0.163 e. The smallest absolute Gasteiger partial charge is 0.163 e. The summed E-state index contributed by atoms with van der Waals surface area (Å²) in [6.07, 6.45) is 3.41. The third-order valence-electron chi connectivity index (χ3n) is 6.73. The van der Waals surface area contributed by atoms with E-state index >= 15 is 0 Å². The van der Waals surface area contributed by atoms with Crippen molar-refractivity contribution >= 4 is 0 Å². The van der Waals surface area contributed by atoms with Crippen LogP contribution in [0.15, 0.2) is 0 Å². The van der Waals surface area contributed by atoms with Gasteiger partial charge in [-0.2, -0.15) is 0 Å². The highest BCUT2D eigenvalue weighted by atomic mass is 16.7. The van der Waals surface area contributed by atoms with Gasteiger partial charge in [-0.1, -0.05) is 13.8 Å². The predicted octanol–water partition coefficient (Wildman–Crippen LogP) is 2.71. The van der Waals surface area contributed by atoms with Crippen LogP contribution in [0, 0.1) is 23.2 Å². The maximum absolute atomic E-state index is 10.7. The molecule has 1 unspecified atom stereocenters. The van der Waals surface area contributed by atoms with E-state index in [1.165, 1.54) is 0 Å². The summed E-state index contributed by atoms with van der Waals surface area (Å²) in [5.41, 5.74) is -0.409. The first-order valence-corrected chi connectivity index (χ1v) is 8.80. The Kier molecular flexibility index (Phi) is 3.92. The summed E-state index contributed by atoms with van der Waals surface area (Å²) in [5, 5.41) is 20.3. The van der Waals surface area contributed by atoms with Gasteiger partial charge in [-0.3, -0.25) is 0 Å². The summed E-state index contributed by atoms with van der Waals surface area (Å²) in [6, 6.07) is 0. The topological polar surface area (TPSA) is 58.9 Å². The number of aliphatic hydroxyl groups is 2. The zero-order valence-electron chi connectivity index (χ0n) is 14.6. The van der Waals surface area contributed by atoms with E-state index in [0.717, 1.165) is 25.7 Å². The van der Waals surface area contributed by atoms with Crippen molar-refractivity contribution in [3.05, 3.63) is 0 Å². The minimum absolute atomic E-state index is 0.0459. The average molecular weight is 312 g/mol. The van der Waals surface area contributed by atoms with E-state index < -0.39 is 5.79 Å². The summed E-state index contributed by atoms with van der Waals surface area (Å²) in [7, 11) is 0. The Morgan fingerprint density at radius 3 is 2.45 bits per heavy atom. The fraction of sp³-hybridized carbons (Fsp3) is 1.00. The molecule has 0 aromatic heterocycles. The normalized spacial score (nSPS) is 52.0. The summed E-state index contributed by atoms with van der Waals surface area (Å²) >= 11 is 0. The van der Waals surface area contributed by atoms with E-state index in [2.05, 4.69) is 20.8 Å². The Bertz CT molecular complexity index is 437. The van der Waals surface area contributed by atoms with Crippen molar-refractivity contribution in [3.8, 4) is 0 Å².